The Hall–Kier alpha value is -8.03. The van der Waals surface area contributed by atoms with Crippen LogP contribution in [0.3, 0.4) is 0 Å². The Balaban J connectivity index is 1.21. The van der Waals surface area contributed by atoms with E-state index in [0.717, 1.165) is 62.2 Å². The van der Waals surface area contributed by atoms with E-state index in [1.807, 2.05) is 60.7 Å². The Morgan fingerprint density at radius 1 is 0.254 bits per heavy atom. The van der Waals surface area contributed by atoms with Crippen molar-refractivity contribution in [1.29, 1.82) is 0 Å². The fraction of sp³-hybridized carbons (Fsp3) is 0.0192. The predicted octanol–water partition coefficient (Wildman–Crippen LogP) is 12.8. The summed E-state index contributed by atoms with van der Waals surface area (Å²) in [5, 5.41) is 0. The molecule has 0 radical (unpaired) electrons. The van der Waals surface area contributed by atoms with Crippen molar-refractivity contribution in [2.45, 2.75) is 5.91 Å². The van der Waals surface area contributed by atoms with Crippen molar-refractivity contribution in [3.05, 3.63) is 224 Å². The number of benzene rings is 8. The van der Waals surface area contributed by atoms with Gasteiger partial charge in [0.25, 0.3) is 5.91 Å². The number of para-hydroxylation sites is 7. The molecule has 7 heteroatoms. The molecule has 9 aromatic rings. The monoisotopic (exact) mass is 759 g/mol. The molecule has 8 aromatic carbocycles. The van der Waals surface area contributed by atoms with Crippen LogP contribution >= 0.6 is 0 Å². The molecule has 0 bridgehead atoms. The zero-order valence-electron chi connectivity index (χ0n) is 32.0. The third-order valence-electron chi connectivity index (χ3n) is 11.0. The van der Waals surface area contributed by atoms with Crippen LogP contribution in [-0.2, 0) is 0 Å². The molecule has 0 amide bonds. The number of nitrogens with zero attached hydrogens (tertiary/aromatic N) is 7. The quantitative estimate of drug-likeness (QED) is 0.160. The number of rotatable bonds is 7. The van der Waals surface area contributed by atoms with Crippen molar-refractivity contribution in [3.8, 4) is 34.2 Å². The lowest BCUT2D eigenvalue weighted by Crippen LogP contribution is -2.70. The molecule has 59 heavy (non-hydrogen) atoms. The Morgan fingerprint density at radius 2 is 0.525 bits per heavy atom. The van der Waals surface area contributed by atoms with Gasteiger partial charge < -0.3 is 0 Å². The SMILES string of the molecule is c1ccc(-c2nc(-c3ccccc3)nc(-c3cccc(N4c5ccccc5N(c5ccccc5)C45N(c4ccccc4)c4ccccc4N5c4ccccc4)c3)n2)cc1. The van der Waals surface area contributed by atoms with Gasteiger partial charge in [0, 0.05) is 39.4 Å². The second kappa shape index (κ2) is 14.2. The third kappa shape index (κ3) is 5.55. The maximum atomic E-state index is 5.15. The van der Waals surface area contributed by atoms with E-state index in [1.54, 1.807) is 0 Å². The van der Waals surface area contributed by atoms with E-state index >= 15 is 0 Å². The smallest absolute Gasteiger partial charge is 0.280 e. The van der Waals surface area contributed by atoms with Crippen LogP contribution in [0.25, 0.3) is 34.2 Å². The van der Waals surface area contributed by atoms with Crippen molar-refractivity contribution >= 4 is 45.5 Å². The fourth-order valence-corrected chi connectivity index (χ4v) is 8.63. The second-order valence-corrected chi connectivity index (χ2v) is 14.5. The van der Waals surface area contributed by atoms with Crippen LogP contribution in [0.4, 0.5) is 45.5 Å². The largest absolute Gasteiger partial charge is 0.295 e. The predicted molar refractivity (Wildman–Crippen MR) is 240 cm³/mol. The lowest BCUT2D eigenvalue weighted by atomic mass is 10.1. The van der Waals surface area contributed by atoms with Crippen molar-refractivity contribution < 1.29 is 0 Å². The maximum absolute atomic E-state index is 5.15. The summed E-state index contributed by atoms with van der Waals surface area (Å²) in [6, 6.07) is 78.5. The molecule has 2 aliphatic heterocycles. The first-order valence-corrected chi connectivity index (χ1v) is 19.8. The van der Waals surface area contributed by atoms with Gasteiger partial charge in [-0.2, -0.15) is 0 Å². The average Bonchev–Trinajstić information content (AvgIpc) is 3.78. The molecule has 7 nitrogen and oxygen atoms in total. The van der Waals surface area contributed by atoms with Crippen LogP contribution in [0.2, 0.25) is 0 Å². The van der Waals surface area contributed by atoms with Gasteiger partial charge in [0.2, 0.25) is 0 Å². The Kier molecular flexibility index (Phi) is 8.22. The van der Waals surface area contributed by atoms with E-state index in [1.165, 1.54) is 0 Å². The highest BCUT2D eigenvalue weighted by Crippen LogP contribution is 2.64. The molecule has 0 aliphatic carbocycles. The molecular weight excluding hydrogens is 723 g/mol. The zero-order valence-corrected chi connectivity index (χ0v) is 32.0. The van der Waals surface area contributed by atoms with E-state index in [0.29, 0.717) is 17.5 Å². The van der Waals surface area contributed by atoms with Gasteiger partial charge in [-0.25, -0.2) is 15.0 Å². The standard InChI is InChI=1S/C52H37N7/c1-6-21-38(22-7-1)49-53-50(39-23-8-2-9-24-39)55-51(54-49)40-25-20-32-44(37-40)59-48-36-19-18-35-47(48)58(43-30-14-5-15-31-43)52(59)56(41-26-10-3-11-27-41)45-33-16-17-34-46(45)57(52)42-28-12-4-13-29-42/h1-37H. The summed E-state index contributed by atoms with van der Waals surface area (Å²) in [4.78, 5) is 25.2. The molecule has 0 saturated heterocycles. The molecule has 0 fully saturated rings. The topological polar surface area (TPSA) is 51.6 Å². The van der Waals surface area contributed by atoms with Crippen molar-refractivity contribution in [1.82, 2.24) is 15.0 Å². The summed E-state index contributed by atoms with van der Waals surface area (Å²) in [5.41, 5.74) is 11.1. The van der Waals surface area contributed by atoms with Gasteiger partial charge in [0.15, 0.2) is 17.5 Å². The number of hydrogen-bond acceptors (Lipinski definition) is 7. The van der Waals surface area contributed by atoms with E-state index in [-0.39, 0.29) is 0 Å². The normalized spacial score (nSPS) is 13.8. The molecule has 0 unspecified atom stereocenters. The summed E-state index contributed by atoms with van der Waals surface area (Å²) in [6.45, 7) is 0. The van der Waals surface area contributed by atoms with E-state index in [2.05, 4.69) is 183 Å². The molecular formula is C52H37N7. The average molecular weight is 760 g/mol. The molecule has 3 heterocycles. The second-order valence-electron chi connectivity index (χ2n) is 14.5. The maximum Gasteiger partial charge on any atom is 0.295 e. The van der Waals surface area contributed by atoms with Crippen LogP contribution < -0.4 is 19.6 Å². The van der Waals surface area contributed by atoms with Crippen LogP contribution in [-0.4, -0.2) is 20.9 Å². The fourth-order valence-electron chi connectivity index (χ4n) is 8.63. The van der Waals surface area contributed by atoms with E-state index < -0.39 is 5.91 Å². The summed E-state index contributed by atoms with van der Waals surface area (Å²) >= 11 is 0. The van der Waals surface area contributed by atoms with E-state index in [4.69, 9.17) is 15.0 Å². The molecule has 11 rings (SSSR count). The highest BCUT2D eigenvalue weighted by Gasteiger charge is 2.64. The minimum Gasteiger partial charge on any atom is -0.280 e. The number of aromatic nitrogens is 3. The lowest BCUT2D eigenvalue weighted by Gasteiger charge is -2.53. The summed E-state index contributed by atoms with van der Waals surface area (Å²) in [6.07, 6.45) is 0. The zero-order chi connectivity index (χ0) is 39.2. The lowest BCUT2D eigenvalue weighted by molar-refractivity contribution is 0.479. The minimum absolute atomic E-state index is 0.593. The molecule has 1 spiro atoms. The molecule has 280 valence electrons. The summed E-state index contributed by atoms with van der Waals surface area (Å²) in [5.74, 6) is 0.778. The van der Waals surface area contributed by atoms with Crippen LogP contribution in [0.15, 0.2) is 224 Å². The van der Waals surface area contributed by atoms with Gasteiger partial charge in [-0.05, 0) is 72.8 Å². The number of fused-ring (bicyclic) bond motifs is 2. The molecule has 1 aromatic heterocycles. The van der Waals surface area contributed by atoms with Crippen LogP contribution in [0.5, 0.6) is 0 Å². The highest BCUT2D eigenvalue weighted by molar-refractivity contribution is 6.02. The Morgan fingerprint density at radius 3 is 0.898 bits per heavy atom. The molecule has 0 saturated carbocycles. The number of hydrogen-bond donors (Lipinski definition) is 0. The van der Waals surface area contributed by atoms with Crippen molar-refractivity contribution in [3.63, 3.8) is 0 Å². The molecule has 0 atom stereocenters. The van der Waals surface area contributed by atoms with Crippen molar-refractivity contribution in [2.75, 3.05) is 19.6 Å². The molecule has 0 N–H and O–H groups in total. The third-order valence-corrected chi connectivity index (χ3v) is 11.0. The van der Waals surface area contributed by atoms with E-state index in [9.17, 15) is 0 Å². The van der Waals surface area contributed by atoms with Crippen molar-refractivity contribution in [2.24, 2.45) is 0 Å². The summed E-state index contributed by atoms with van der Waals surface area (Å²) < 4.78 is 0. The van der Waals surface area contributed by atoms with Gasteiger partial charge in [-0.1, -0.05) is 152 Å². The van der Waals surface area contributed by atoms with Crippen LogP contribution in [0.1, 0.15) is 0 Å². The van der Waals surface area contributed by atoms with Gasteiger partial charge in [0.05, 0.1) is 22.7 Å². The first kappa shape index (κ1) is 34.2. The van der Waals surface area contributed by atoms with Gasteiger partial charge in [-0.3, -0.25) is 19.6 Å². The minimum atomic E-state index is -1.06. The van der Waals surface area contributed by atoms with Gasteiger partial charge in [-0.15, -0.1) is 0 Å². The Bertz CT molecular complexity index is 2720. The summed E-state index contributed by atoms with van der Waals surface area (Å²) in [7, 11) is 0. The number of anilines is 8. The van der Waals surface area contributed by atoms with Gasteiger partial charge >= 0.3 is 0 Å². The first-order chi connectivity index (χ1) is 29.3. The highest BCUT2D eigenvalue weighted by atomic mass is 15.8. The molecule has 2 aliphatic rings. The van der Waals surface area contributed by atoms with Crippen LogP contribution in [0, 0.1) is 0 Å². The Labute approximate surface area is 343 Å². The first-order valence-electron chi connectivity index (χ1n) is 19.8. The van der Waals surface area contributed by atoms with Gasteiger partial charge in [0.1, 0.15) is 0 Å².